The fourth-order valence-electron chi connectivity index (χ4n) is 4.42. The topological polar surface area (TPSA) is 12.9 Å². The second kappa shape index (κ2) is 8.62. The van der Waals surface area contributed by atoms with E-state index in [0.717, 1.165) is 16.8 Å². The number of para-hydroxylation sites is 1. The van der Waals surface area contributed by atoms with Crippen molar-refractivity contribution in [3.05, 3.63) is 133 Å². The number of hydrogen-bond donors (Lipinski definition) is 0. The van der Waals surface area contributed by atoms with Gasteiger partial charge in [-0.3, -0.25) is 0 Å². The van der Waals surface area contributed by atoms with Crippen molar-refractivity contribution < 1.29 is 0 Å². The Morgan fingerprint density at radius 2 is 1.12 bits per heavy atom. The predicted molar refractivity (Wildman–Crippen MR) is 143 cm³/mol. The lowest BCUT2D eigenvalue weighted by Crippen LogP contribution is -2.21. The van der Waals surface area contributed by atoms with Crippen molar-refractivity contribution in [3.8, 4) is 11.3 Å². The van der Waals surface area contributed by atoms with Crippen LogP contribution in [0.5, 0.6) is 0 Å². The van der Waals surface area contributed by atoms with Crippen molar-refractivity contribution in [2.75, 3.05) is 0 Å². The molecule has 0 aliphatic heterocycles. The van der Waals surface area contributed by atoms with E-state index in [4.69, 9.17) is 4.98 Å². The first-order valence-corrected chi connectivity index (χ1v) is 12.5. The number of rotatable bonds is 4. The molecule has 5 aromatic carbocycles. The third kappa shape index (κ3) is 3.82. The van der Waals surface area contributed by atoms with Crippen molar-refractivity contribution in [3.63, 3.8) is 0 Å². The van der Waals surface area contributed by atoms with Crippen LogP contribution in [-0.4, -0.2) is 4.98 Å². The second-order valence-electron chi connectivity index (χ2n) is 8.11. The van der Waals surface area contributed by atoms with Crippen LogP contribution in [-0.2, 0) is 0 Å². The van der Waals surface area contributed by atoms with Crippen LogP contribution in [0, 0.1) is 0 Å². The SMILES string of the molecule is c1ccc(P(c2ccccc2)c2cccc3ccc(-c4ccc5ccccc5n4)cc23)cc1. The molecule has 0 N–H and O–H groups in total. The Kier molecular flexibility index (Phi) is 5.19. The second-order valence-corrected chi connectivity index (χ2v) is 10.3. The average Bonchev–Trinajstić information content (AvgIpc) is 2.90. The quantitative estimate of drug-likeness (QED) is 0.275. The zero-order valence-electron chi connectivity index (χ0n) is 18.1. The number of hydrogen-bond acceptors (Lipinski definition) is 1. The summed E-state index contributed by atoms with van der Waals surface area (Å²) in [5, 5.41) is 7.82. The first kappa shape index (κ1) is 19.9. The number of pyridine rings is 1. The van der Waals surface area contributed by atoms with E-state index in [1.54, 1.807) is 0 Å². The molecule has 2 heteroatoms. The van der Waals surface area contributed by atoms with E-state index in [9.17, 15) is 0 Å². The molecule has 0 saturated heterocycles. The van der Waals surface area contributed by atoms with Gasteiger partial charge in [0, 0.05) is 10.9 Å². The van der Waals surface area contributed by atoms with E-state index in [1.165, 1.54) is 32.1 Å². The van der Waals surface area contributed by atoms with Crippen LogP contribution in [0.4, 0.5) is 0 Å². The maximum Gasteiger partial charge on any atom is 0.0709 e. The van der Waals surface area contributed by atoms with Crippen molar-refractivity contribution >= 4 is 45.5 Å². The summed E-state index contributed by atoms with van der Waals surface area (Å²) in [5.74, 6) is 0. The molecule has 0 atom stereocenters. The standard InChI is InChI=1S/C31H22NP/c1-3-12-26(13-4-1)33(27-14-5-2-6-15-27)31-17-9-11-23-18-19-25(22-28(23)31)30-21-20-24-10-7-8-16-29(24)32-30/h1-22H. The summed E-state index contributed by atoms with van der Waals surface area (Å²) in [6.07, 6.45) is 0. The van der Waals surface area contributed by atoms with Gasteiger partial charge < -0.3 is 0 Å². The molecule has 0 spiro atoms. The van der Waals surface area contributed by atoms with Gasteiger partial charge in [-0.15, -0.1) is 0 Å². The van der Waals surface area contributed by atoms with E-state index in [0.29, 0.717) is 0 Å². The molecule has 1 heterocycles. The Morgan fingerprint density at radius 1 is 0.485 bits per heavy atom. The highest BCUT2D eigenvalue weighted by Gasteiger charge is 2.19. The molecule has 1 nitrogen and oxygen atoms in total. The normalized spacial score (nSPS) is 11.3. The van der Waals surface area contributed by atoms with Gasteiger partial charge in [0.05, 0.1) is 11.2 Å². The lowest BCUT2D eigenvalue weighted by molar-refractivity contribution is 1.40. The Bertz CT molecular complexity index is 1520. The molecular formula is C31H22NP. The van der Waals surface area contributed by atoms with E-state index >= 15 is 0 Å². The molecule has 1 aromatic heterocycles. The summed E-state index contributed by atoms with van der Waals surface area (Å²) < 4.78 is 0. The summed E-state index contributed by atoms with van der Waals surface area (Å²) in [5.41, 5.74) is 3.19. The van der Waals surface area contributed by atoms with Gasteiger partial charge in [-0.05, 0) is 52.8 Å². The molecule has 0 bridgehead atoms. The molecule has 0 unspecified atom stereocenters. The molecule has 6 rings (SSSR count). The fourth-order valence-corrected chi connectivity index (χ4v) is 6.88. The molecule has 156 valence electrons. The Morgan fingerprint density at radius 3 is 1.88 bits per heavy atom. The van der Waals surface area contributed by atoms with Crippen LogP contribution in [0.15, 0.2) is 133 Å². The molecule has 0 amide bonds. The summed E-state index contributed by atoms with van der Waals surface area (Å²) in [6.45, 7) is 0. The zero-order valence-corrected chi connectivity index (χ0v) is 19.0. The van der Waals surface area contributed by atoms with E-state index in [2.05, 4.69) is 127 Å². The molecule has 0 fully saturated rings. The van der Waals surface area contributed by atoms with Gasteiger partial charge in [0.2, 0.25) is 0 Å². The van der Waals surface area contributed by atoms with Gasteiger partial charge in [-0.1, -0.05) is 115 Å². The Balaban J connectivity index is 1.56. The largest absolute Gasteiger partial charge is 0.248 e. The summed E-state index contributed by atoms with van der Waals surface area (Å²) in [7, 11) is -0.676. The first-order valence-electron chi connectivity index (χ1n) is 11.2. The average molecular weight is 439 g/mol. The third-order valence-electron chi connectivity index (χ3n) is 6.02. The lowest BCUT2D eigenvalue weighted by atomic mass is 10.0. The minimum Gasteiger partial charge on any atom is -0.248 e. The van der Waals surface area contributed by atoms with Crippen LogP contribution in [0.2, 0.25) is 0 Å². The fraction of sp³-hybridized carbons (Fsp3) is 0. The van der Waals surface area contributed by atoms with Crippen LogP contribution in [0.25, 0.3) is 32.9 Å². The predicted octanol–water partition coefficient (Wildman–Crippen LogP) is 6.81. The van der Waals surface area contributed by atoms with Crippen molar-refractivity contribution in [2.24, 2.45) is 0 Å². The summed E-state index contributed by atoms with van der Waals surface area (Å²) in [6, 6.07) is 47.8. The van der Waals surface area contributed by atoms with E-state index < -0.39 is 7.92 Å². The first-order chi connectivity index (χ1) is 16.4. The van der Waals surface area contributed by atoms with Crippen LogP contribution in [0.1, 0.15) is 0 Å². The maximum absolute atomic E-state index is 4.95. The maximum atomic E-state index is 4.95. The minimum absolute atomic E-state index is 0.676. The van der Waals surface area contributed by atoms with Crippen LogP contribution in [0.3, 0.4) is 0 Å². The van der Waals surface area contributed by atoms with Crippen LogP contribution >= 0.6 is 7.92 Å². The van der Waals surface area contributed by atoms with Crippen molar-refractivity contribution in [1.82, 2.24) is 4.98 Å². The zero-order chi connectivity index (χ0) is 22.0. The number of nitrogens with zero attached hydrogens (tertiary/aromatic N) is 1. The van der Waals surface area contributed by atoms with Crippen LogP contribution < -0.4 is 15.9 Å². The summed E-state index contributed by atoms with van der Waals surface area (Å²) in [4.78, 5) is 4.95. The monoisotopic (exact) mass is 439 g/mol. The Labute approximate surface area is 195 Å². The third-order valence-corrected chi connectivity index (χ3v) is 8.52. The van der Waals surface area contributed by atoms with Gasteiger partial charge in [0.1, 0.15) is 0 Å². The van der Waals surface area contributed by atoms with Crippen molar-refractivity contribution in [2.45, 2.75) is 0 Å². The highest BCUT2D eigenvalue weighted by Crippen LogP contribution is 2.36. The molecule has 0 saturated carbocycles. The van der Waals surface area contributed by atoms with E-state index in [-0.39, 0.29) is 0 Å². The highest BCUT2D eigenvalue weighted by atomic mass is 31.1. The highest BCUT2D eigenvalue weighted by molar-refractivity contribution is 7.80. The number of benzene rings is 5. The smallest absolute Gasteiger partial charge is 0.0709 e. The summed E-state index contributed by atoms with van der Waals surface area (Å²) >= 11 is 0. The van der Waals surface area contributed by atoms with Gasteiger partial charge in [0.15, 0.2) is 0 Å². The van der Waals surface area contributed by atoms with Gasteiger partial charge in [-0.2, -0.15) is 0 Å². The molecule has 0 aliphatic carbocycles. The Hall–Kier alpha value is -3.80. The molecule has 0 aliphatic rings. The number of aromatic nitrogens is 1. The minimum atomic E-state index is -0.676. The lowest BCUT2D eigenvalue weighted by Gasteiger charge is -2.21. The number of fused-ring (bicyclic) bond motifs is 2. The van der Waals surface area contributed by atoms with Gasteiger partial charge in [-0.25, -0.2) is 4.98 Å². The van der Waals surface area contributed by atoms with E-state index in [1.807, 2.05) is 6.07 Å². The molecule has 6 aromatic rings. The van der Waals surface area contributed by atoms with Gasteiger partial charge in [0.25, 0.3) is 0 Å². The molecular weight excluding hydrogens is 417 g/mol. The van der Waals surface area contributed by atoms with Gasteiger partial charge >= 0.3 is 0 Å². The molecule has 33 heavy (non-hydrogen) atoms. The molecule has 0 radical (unpaired) electrons. The van der Waals surface area contributed by atoms with Crippen molar-refractivity contribution in [1.29, 1.82) is 0 Å².